The first-order valence-electron chi connectivity index (χ1n) is 6.76. The Bertz CT molecular complexity index is 405. The number of ketones is 1. The van der Waals surface area contributed by atoms with E-state index >= 15 is 0 Å². The van der Waals surface area contributed by atoms with E-state index in [9.17, 15) is 4.79 Å². The minimum Gasteiger partial charge on any atom is -0.300 e. The maximum atomic E-state index is 11.7. The lowest BCUT2D eigenvalue weighted by Crippen LogP contribution is -2.49. The highest BCUT2D eigenvalue weighted by Crippen LogP contribution is 2.31. The van der Waals surface area contributed by atoms with Gasteiger partial charge in [-0.25, -0.2) is 0 Å². The third kappa shape index (κ3) is 3.20. The second-order valence-corrected chi connectivity index (χ2v) is 6.33. The predicted molar refractivity (Wildman–Crippen MR) is 74.3 cm³/mol. The van der Waals surface area contributed by atoms with Gasteiger partial charge in [0.05, 0.1) is 0 Å². The van der Waals surface area contributed by atoms with Crippen LogP contribution in [0.15, 0.2) is 30.3 Å². The molecule has 2 heteroatoms. The molecule has 1 saturated heterocycles. The third-order valence-electron chi connectivity index (χ3n) is 3.77. The second-order valence-electron chi connectivity index (χ2n) is 6.33. The van der Waals surface area contributed by atoms with E-state index in [-0.39, 0.29) is 5.41 Å². The number of benzene rings is 1. The van der Waals surface area contributed by atoms with Crippen molar-refractivity contribution in [2.75, 3.05) is 6.54 Å². The number of nitrogens with zero attached hydrogens (tertiary/aromatic N) is 1. The number of likely N-dealkylation sites (tertiary alicyclic amines) is 1. The molecule has 1 fully saturated rings. The van der Waals surface area contributed by atoms with Crippen molar-refractivity contribution in [1.29, 1.82) is 0 Å². The summed E-state index contributed by atoms with van der Waals surface area (Å²) >= 11 is 0. The van der Waals surface area contributed by atoms with Crippen LogP contribution in [0.4, 0.5) is 0 Å². The van der Waals surface area contributed by atoms with Gasteiger partial charge in [-0.2, -0.15) is 0 Å². The molecule has 1 aromatic carbocycles. The van der Waals surface area contributed by atoms with Crippen LogP contribution in [0.25, 0.3) is 0 Å². The molecule has 0 unspecified atom stereocenters. The van der Waals surface area contributed by atoms with Gasteiger partial charge in [-0.1, -0.05) is 51.1 Å². The fourth-order valence-electron chi connectivity index (χ4n) is 2.73. The molecule has 0 saturated carbocycles. The average Bonchev–Trinajstić information content (AvgIpc) is 2.31. The van der Waals surface area contributed by atoms with Gasteiger partial charge in [-0.15, -0.1) is 0 Å². The number of hydrogen-bond donors (Lipinski definition) is 0. The van der Waals surface area contributed by atoms with Crippen molar-refractivity contribution < 1.29 is 4.79 Å². The number of carbonyl (C=O) groups excluding carboxylic acids is 1. The quantitative estimate of drug-likeness (QED) is 0.797. The molecule has 1 atom stereocenters. The van der Waals surface area contributed by atoms with Gasteiger partial charge in [0.25, 0.3) is 0 Å². The lowest BCUT2D eigenvalue weighted by atomic mass is 9.80. The highest BCUT2D eigenvalue weighted by molar-refractivity contribution is 5.80. The van der Waals surface area contributed by atoms with Gasteiger partial charge in [0.1, 0.15) is 5.78 Å². The number of piperidine rings is 1. The summed E-state index contributed by atoms with van der Waals surface area (Å²) < 4.78 is 0. The first-order valence-corrected chi connectivity index (χ1v) is 6.76. The van der Waals surface area contributed by atoms with Gasteiger partial charge in [-0.05, 0) is 11.0 Å². The number of Topliss-reactive ketones (excluding diaryl/α,β-unsaturated/α-hetero) is 1. The molecule has 0 spiro atoms. The molecule has 1 aliphatic heterocycles. The summed E-state index contributed by atoms with van der Waals surface area (Å²) in [7, 11) is 0. The van der Waals surface area contributed by atoms with E-state index in [0.29, 0.717) is 24.7 Å². The first-order chi connectivity index (χ1) is 8.47. The molecule has 0 N–H and O–H groups in total. The van der Waals surface area contributed by atoms with E-state index in [1.54, 1.807) is 0 Å². The van der Waals surface area contributed by atoms with Crippen LogP contribution in [0.1, 0.15) is 39.2 Å². The lowest BCUT2D eigenvalue weighted by Gasteiger charge is -2.42. The van der Waals surface area contributed by atoms with Crippen molar-refractivity contribution in [3.05, 3.63) is 35.9 Å². The molecular formula is C16H23NO. The number of rotatable bonds is 2. The van der Waals surface area contributed by atoms with E-state index < -0.39 is 0 Å². The summed E-state index contributed by atoms with van der Waals surface area (Å²) in [6, 6.07) is 10.9. The van der Waals surface area contributed by atoms with Crippen LogP contribution in [0.2, 0.25) is 0 Å². The zero-order valence-electron chi connectivity index (χ0n) is 11.6. The van der Waals surface area contributed by atoms with E-state index in [0.717, 1.165) is 13.1 Å². The fraction of sp³-hybridized carbons (Fsp3) is 0.562. The van der Waals surface area contributed by atoms with Crippen LogP contribution in [0.3, 0.4) is 0 Å². The van der Waals surface area contributed by atoms with Crippen molar-refractivity contribution >= 4 is 5.78 Å². The van der Waals surface area contributed by atoms with Crippen LogP contribution >= 0.6 is 0 Å². The van der Waals surface area contributed by atoms with Crippen molar-refractivity contribution in [1.82, 2.24) is 4.90 Å². The Morgan fingerprint density at radius 1 is 1.22 bits per heavy atom. The minimum atomic E-state index is 0.158. The monoisotopic (exact) mass is 245 g/mol. The molecule has 0 aromatic heterocycles. The third-order valence-corrected chi connectivity index (χ3v) is 3.77. The van der Waals surface area contributed by atoms with Gasteiger partial charge >= 0.3 is 0 Å². The molecule has 0 bridgehead atoms. The predicted octanol–water partition coefficient (Wildman–Crippen LogP) is 3.27. The Balaban J connectivity index is 2.12. The molecule has 2 nitrogen and oxygen atoms in total. The maximum absolute atomic E-state index is 11.7. The highest BCUT2D eigenvalue weighted by Gasteiger charge is 2.35. The van der Waals surface area contributed by atoms with E-state index in [4.69, 9.17) is 0 Å². The smallest absolute Gasteiger partial charge is 0.135 e. The summed E-state index contributed by atoms with van der Waals surface area (Å²) in [6.07, 6.45) is 1.41. The Labute approximate surface area is 110 Å². The average molecular weight is 245 g/mol. The summed E-state index contributed by atoms with van der Waals surface area (Å²) in [5.74, 6) is 0.416. The summed E-state index contributed by atoms with van der Waals surface area (Å²) in [5.41, 5.74) is 1.49. The fourth-order valence-corrected chi connectivity index (χ4v) is 2.73. The van der Waals surface area contributed by atoms with Crippen LogP contribution in [-0.2, 0) is 11.3 Å². The van der Waals surface area contributed by atoms with Crippen molar-refractivity contribution in [3.63, 3.8) is 0 Å². The van der Waals surface area contributed by atoms with E-state index in [2.05, 4.69) is 49.9 Å². The van der Waals surface area contributed by atoms with Gasteiger partial charge in [-0.3, -0.25) is 9.69 Å². The molecule has 2 rings (SSSR count). The zero-order valence-corrected chi connectivity index (χ0v) is 11.6. The molecule has 1 heterocycles. The second kappa shape index (κ2) is 5.23. The molecule has 1 aliphatic rings. The Hall–Kier alpha value is -1.15. The lowest BCUT2D eigenvalue weighted by molar-refractivity contribution is -0.125. The number of hydrogen-bond acceptors (Lipinski definition) is 2. The Kier molecular flexibility index (Phi) is 3.86. The van der Waals surface area contributed by atoms with Crippen LogP contribution in [0.5, 0.6) is 0 Å². The highest BCUT2D eigenvalue weighted by atomic mass is 16.1. The molecule has 98 valence electrons. The maximum Gasteiger partial charge on any atom is 0.135 e. The van der Waals surface area contributed by atoms with Crippen molar-refractivity contribution in [3.8, 4) is 0 Å². The van der Waals surface area contributed by atoms with Crippen molar-refractivity contribution in [2.45, 2.75) is 46.2 Å². The summed E-state index contributed by atoms with van der Waals surface area (Å²) in [6.45, 7) is 8.54. The number of carbonyl (C=O) groups is 1. The molecule has 18 heavy (non-hydrogen) atoms. The largest absolute Gasteiger partial charge is 0.300 e. The van der Waals surface area contributed by atoms with Gasteiger partial charge in [0.15, 0.2) is 0 Å². The summed E-state index contributed by atoms with van der Waals surface area (Å²) in [5, 5.41) is 0. The van der Waals surface area contributed by atoms with Crippen LogP contribution in [0, 0.1) is 5.41 Å². The SMILES string of the molecule is CC(C)(C)[C@@H]1CC(=O)CCN1Cc1ccccc1. The standard InChI is InChI=1S/C16H23NO/c1-16(2,3)15-11-14(18)9-10-17(15)12-13-7-5-4-6-8-13/h4-8,15H,9-12H2,1-3H3/t15-/m0/s1. The van der Waals surface area contributed by atoms with E-state index in [1.807, 2.05) is 6.07 Å². The van der Waals surface area contributed by atoms with Gasteiger partial charge in [0, 0.05) is 32.0 Å². The molecule has 0 amide bonds. The van der Waals surface area contributed by atoms with Crippen LogP contribution in [-0.4, -0.2) is 23.3 Å². The summed E-state index contributed by atoms with van der Waals surface area (Å²) in [4.78, 5) is 14.2. The Morgan fingerprint density at radius 3 is 2.50 bits per heavy atom. The zero-order chi connectivity index (χ0) is 13.2. The Morgan fingerprint density at radius 2 is 1.89 bits per heavy atom. The van der Waals surface area contributed by atoms with Gasteiger partial charge < -0.3 is 0 Å². The molecule has 1 aromatic rings. The minimum absolute atomic E-state index is 0.158. The molecule has 0 radical (unpaired) electrons. The van der Waals surface area contributed by atoms with E-state index in [1.165, 1.54) is 5.56 Å². The molecule has 0 aliphatic carbocycles. The van der Waals surface area contributed by atoms with Crippen molar-refractivity contribution in [2.24, 2.45) is 5.41 Å². The van der Waals surface area contributed by atoms with Crippen LogP contribution < -0.4 is 0 Å². The first kappa shape index (κ1) is 13.3. The van der Waals surface area contributed by atoms with Gasteiger partial charge in [0.2, 0.25) is 0 Å². The molecular weight excluding hydrogens is 222 g/mol. The normalized spacial score (nSPS) is 22.2. The topological polar surface area (TPSA) is 20.3 Å².